The molecule has 0 spiro atoms. The van der Waals surface area contributed by atoms with Gasteiger partial charge in [-0.15, -0.1) is 5.10 Å². The zero-order valence-corrected chi connectivity index (χ0v) is 14.3. The summed E-state index contributed by atoms with van der Waals surface area (Å²) in [6.07, 6.45) is 3.20. The largest absolute Gasteiger partial charge is 0.486 e. The van der Waals surface area contributed by atoms with Crippen molar-refractivity contribution in [2.24, 2.45) is 0 Å². The molecule has 3 rings (SSSR count). The predicted molar refractivity (Wildman–Crippen MR) is 88.3 cm³/mol. The number of hydrogen-bond acceptors (Lipinski definition) is 7. The van der Waals surface area contributed by atoms with Crippen LogP contribution in [0.2, 0.25) is 0 Å². The van der Waals surface area contributed by atoms with Gasteiger partial charge in [0.25, 0.3) is 0 Å². The van der Waals surface area contributed by atoms with Crippen LogP contribution in [-0.2, 0) is 9.47 Å². The normalized spacial score (nSPS) is 14.2. The maximum absolute atomic E-state index is 12.1. The van der Waals surface area contributed by atoms with E-state index in [1.807, 2.05) is 13.0 Å². The van der Waals surface area contributed by atoms with Gasteiger partial charge in [0.1, 0.15) is 19.8 Å². The van der Waals surface area contributed by atoms with Gasteiger partial charge in [-0.25, -0.2) is 9.48 Å². The number of carbonyl (C=O) groups is 1. The maximum Gasteiger partial charge on any atom is 0.360 e. The lowest BCUT2D eigenvalue weighted by atomic mass is 10.2. The van der Waals surface area contributed by atoms with Gasteiger partial charge >= 0.3 is 5.97 Å². The molecule has 0 fully saturated rings. The molecule has 2 aromatic rings. The Labute approximate surface area is 145 Å². The Morgan fingerprint density at radius 3 is 2.88 bits per heavy atom. The number of benzene rings is 1. The summed E-state index contributed by atoms with van der Waals surface area (Å²) in [5.41, 5.74) is 0.859. The lowest BCUT2D eigenvalue weighted by molar-refractivity contribution is 0.00736. The quantitative estimate of drug-likeness (QED) is 0.708. The summed E-state index contributed by atoms with van der Waals surface area (Å²) in [4.78, 5) is 12.1. The van der Waals surface area contributed by atoms with Crippen LogP contribution in [0.4, 0.5) is 0 Å². The molecular weight excluding hydrogens is 326 g/mol. The molecule has 1 atom stereocenters. The van der Waals surface area contributed by atoms with Crippen molar-refractivity contribution in [2.75, 3.05) is 26.9 Å². The van der Waals surface area contributed by atoms with Crippen LogP contribution in [0.25, 0.3) is 5.69 Å². The minimum Gasteiger partial charge on any atom is -0.486 e. The van der Waals surface area contributed by atoms with Crippen LogP contribution in [0, 0.1) is 0 Å². The van der Waals surface area contributed by atoms with Gasteiger partial charge in [0.15, 0.2) is 17.2 Å². The molecule has 0 N–H and O–H groups in total. The van der Waals surface area contributed by atoms with E-state index in [0.29, 0.717) is 24.7 Å². The number of hydrogen-bond donors (Lipinski definition) is 0. The van der Waals surface area contributed by atoms with Crippen molar-refractivity contribution in [1.82, 2.24) is 15.0 Å². The van der Waals surface area contributed by atoms with Crippen molar-refractivity contribution in [3.63, 3.8) is 0 Å². The number of methoxy groups -OCH3 is 1. The topological polar surface area (TPSA) is 84.7 Å². The van der Waals surface area contributed by atoms with E-state index in [2.05, 4.69) is 10.3 Å². The summed E-state index contributed by atoms with van der Waals surface area (Å²) in [5, 5.41) is 7.86. The Bertz CT molecular complexity index is 731. The van der Waals surface area contributed by atoms with E-state index in [0.717, 1.165) is 18.5 Å². The minimum absolute atomic E-state index is 0.109. The van der Waals surface area contributed by atoms with Gasteiger partial charge in [0, 0.05) is 13.2 Å². The Hall–Kier alpha value is -2.61. The molecule has 25 heavy (non-hydrogen) atoms. The highest BCUT2D eigenvalue weighted by molar-refractivity contribution is 5.86. The van der Waals surface area contributed by atoms with E-state index in [1.54, 1.807) is 19.2 Å². The third kappa shape index (κ3) is 4.08. The van der Waals surface area contributed by atoms with E-state index >= 15 is 0 Å². The molecule has 1 aliphatic rings. The summed E-state index contributed by atoms with van der Waals surface area (Å²) >= 11 is 0. The number of ether oxygens (including phenoxy) is 4. The molecule has 0 bridgehead atoms. The van der Waals surface area contributed by atoms with Gasteiger partial charge in [-0.2, -0.15) is 0 Å². The molecule has 1 aliphatic heterocycles. The molecule has 0 saturated heterocycles. The SMILES string of the molecule is CCCC(COC(=O)c1cn(-c2ccc3c(c2)OCCO3)nn1)OC. The average Bonchev–Trinajstić information content (AvgIpc) is 3.14. The second-order valence-electron chi connectivity index (χ2n) is 5.62. The number of nitrogens with zero attached hydrogens (tertiary/aromatic N) is 3. The van der Waals surface area contributed by atoms with Crippen molar-refractivity contribution < 1.29 is 23.7 Å². The van der Waals surface area contributed by atoms with Gasteiger partial charge in [0.05, 0.1) is 18.0 Å². The van der Waals surface area contributed by atoms with Crippen LogP contribution in [0.1, 0.15) is 30.3 Å². The van der Waals surface area contributed by atoms with Gasteiger partial charge in [0.2, 0.25) is 0 Å². The van der Waals surface area contributed by atoms with Crippen LogP contribution < -0.4 is 9.47 Å². The summed E-state index contributed by atoms with van der Waals surface area (Å²) in [7, 11) is 1.60. The zero-order chi connectivity index (χ0) is 17.6. The fourth-order valence-corrected chi connectivity index (χ4v) is 2.49. The average molecular weight is 347 g/mol. The van der Waals surface area contributed by atoms with Crippen LogP contribution in [-0.4, -0.2) is 54.0 Å². The van der Waals surface area contributed by atoms with E-state index in [4.69, 9.17) is 18.9 Å². The minimum atomic E-state index is -0.526. The number of carbonyl (C=O) groups excluding carboxylic acids is 1. The fraction of sp³-hybridized carbons (Fsp3) is 0.471. The van der Waals surface area contributed by atoms with Gasteiger partial charge in [-0.3, -0.25) is 0 Å². The zero-order valence-electron chi connectivity index (χ0n) is 14.3. The highest BCUT2D eigenvalue weighted by Crippen LogP contribution is 2.31. The third-order valence-electron chi connectivity index (χ3n) is 3.84. The first-order valence-electron chi connectivity index (χ1n) is 8.23. The van der Waals surface area contributed by atoms with Gasteiger partial charge < -0.3 is 18.9 Å². The first-order chi connectivity index (χ1) is 12.2. The molecule has 134 valence electrons. The number of aromatic nitrogens is 3. The van der Waals surface area contributed by atoms with Gasteiger partial charge in [-0.05, 0) is 18.6 Å². The summed E-state index contributed by atoms with van der Waals surface area (Å²) < 4.78 is 23.0. The van der Waals surface area contributed by atoms with E-state index < -0.39 is 5.97 Å². The highest BCUT2D eigenvalue weighted by atomic mass is 16.6. The number of rotatable bonds is 7. The second-order valence-corrected chi connectivity index (χ2v) is 5.62. The number of fused-ring (bicyclic) bond motifs is 1. The highest BCUT2D eigenvalue weighted by Gasteiger charge is 2.17. The molecule has 8 heteroatoms. The molecule has 1 aromatic carbocycles. The maximum atomic E-state index is 12.1. The van der Waals surface area contributed by atoms with Crippen LogP contribution >= 0.6 is 0 Å². The van der Waals surface area contributed by atoms with Crippen molar-refractivity contribution in [2.45, 2.75) is 25.9 Å². The van der Waals surface area contributed by atoms with Crippen molar-refractivity contribution in [3.05, 3.63) is 30.1 Å². The molecule has 8 nitrogen and oxygen atoms in total. The molecule has 1 unspecified atom stereocenters. The Morgan fingerprint density at radius 1 is 1.32 bits per heavy atom. The molecule has 0 saturated carbocycles. The first kappa shape index (κ1) is 17.2. The van der Waals surface area contributed by atoms with E-state index in [1.165, 1.54) is 10.9 Å². The molecule has 2 heterocycles. The summed E-state index contributed by atoms with van der Waals surface area (Å²) in [6, 6.07) is 5.41. The van der Waals surface area contributed by atoms with Gasteiger partial charge in [-0.1, -0.05) is 18.6 Å². The Morgan fingerprint density at radius 2 is 2.12 bits per heavy atom. The molecule has 1 aromatic heterocycles. The monoisotopic (exact) mass is 347 g/mol. The smallest absolute Gasteiger partial charge is 0.360 e. The Kier molecular flexibility index (Phi) is 5.49. The van der Waals surface area contributed by atoms with E-state index in [-0.39, 0.29) is 18.4 Å². The van der Waals surface area contributed by atoms with Crippen LogP contribution in [0.5, 0.6) is 11.5 Å². The fourth-order valence-electron chi connectivity index (χ4n) is 2.49. The molecule has 0 radical (unpaired) electrons. The van der Waals surface area contributed by atoms with Crippen molar-refractivity contribution in [3.8, 4) is 17.2 Å². The molecule has 0 amide bonds. The van der Waals surface area contributed by atoms with Crippen molar-refractivity contribution >= 4 is 5.97 Å². The lowest BCUT2D eigenvalue weighted by Crippen LogP contribution is -2.21. The van der Waals surface area contributed by atoms with Crippen molar-refractivity contribution in [1.29, 1.82) is 0 Å². The van der Waals surface area contributed by atoms with Crippen LogP contribution in [0.3, 0.4) is 0 Å². The molecule has 0 aliphatic carbocycles. The number of esters is 1. The predicted octanol–water partition coefficient (Wildman–Crippen LogP) is 2.01. The second kappa shape index (κ2) is 7.98. The standard InChI is InChI=1S/C17H21N3O5/c1-3-4-13(22-2)11-25-17(21)14-10-20(19-18-14)12-5-6-15-16(9-12)24-8-7-23-15/h5-6,9-10,13H,3-4,7-8,11H2,1-2H3. The summed E-state index contributed by atoms with van der Waals surface area (Å²) in [6.45, 7) is 3.28. The van der Waals surface area contributed by atoms with Crippen LogP contribution in [0.15, 0.2) is 24.4 Å². The lowest BCUT2D eigenvalue weighted by Gasteiger charge is -2.18. The summed E-state index contributed by atoms with van der Waals surface area (Å²) in [5.74, 6) is 0.809. The molecular formula is C17H21N3O5. The Balaban J connectivity index is 1.66. The third-order valence-corrected chi connectivity index (χ3v) is 3.84. The van der Waals surface area contributed by atoms with E-state index in [9.17, 15) is 4.79 Å². The first-order valence-corrected chi connectivity index (χ1v) is 8.23.